The van der Waals surface area contributed by atoms with Crippen molar-refractivity contribution in [1.82, 2.24) is 0 Å². The van der Waals surface area contributed by atoms with Gasteiger partial charge in [0.15, 0.2) is 4.90 Å². The molecule has 0 amide bonds. The molecule has 2 rings (SSSR count). The molecule has 0 bridgehead atoms. The van der Waals surface area contributed by atoms with Crippen molar-refractivity contribution in [3.8, 4) is 0 Å². The summed E-state index contributed by atoms with van der Waals surface area (Å²) in [5, 5.41) is 0. The molecule has 0 aromatic heterocycles. The van der Waals surface area contributed by atoms with Crippen molar-refractivity contribution in [2.24, 2.45) is 0 Å². The first-order valence-electron chi connectivity index (χ1n) is 5.54. The molecule has 0 saturated carbocycles. The fourth-order valence-electron chi connectivity index (χ4n) is 1.60. The van der Waals surface area contributed by atoms with E-state index in [-0.39, 0.29) is 5.69 Å². The number of halogens is 3. The molecule has 2 aromatic rings. The molecule has 0 spiro atoms. The minimum absolute atomic E-state index is 0.252. The smallest absolute Gasteiger partial charge is 0.267 e. The minimum atomic E-state index is -4.31. The fraction of sp³-hybridized carbons (Fsp3) is 0.0769. The molecule has 0 radical (unpaired) electrons. The summed E-state index contributed by atoms with van der Waals surface area (Å²) in [7, 11) is -4.31. The molecular formula is C13H10F2INO2S. The second kappa shape index (κ2) is 5.65. The molecule has 0 atom stereocenters. The van der Waals surface area contributed by atoms with Gasteiger partial charge < -0.3 is 0 Å². The van der Waals surface area contributed by atoms with Crippen LogP contribution in [-0.2, 0) is 10.0 Å². The Bertz CT molecular complexity index is 743. The standard InChI is InChI=1S/C13H10F2INO2S/c1-8-5-6-9(7-12(8)16)17-20(18,19)13-10(14)3-2-4-11(13)15/h2-7,17H,1H3. The van der Waals surface area contributed by atoms with Crippen LogP contribution in [0.4, 0.5) is 14.5 Å². The van der Waals surface area contributed by atoms with Crippen LogP contribution in [0, 0.1) is 22.1 Å². The summed E-state index contributed by atoms with van der Waals surface area (Å²) in [4.78, 5) is -0.976. The van der Waals surface area contributed by atoms with Crippen LogP contribution in [0.1, 0.15) is 5.56 Å². The Balaban J connectivity index is 2.43. The van der Waals surface area contributed by atoms with Crippen molar-refractivity contribution in [3.05, 3.63) is 57.2 Å². The lowest BCUT2D eigenvalue weighted by Gasteiger charge is -2.10. The number of nitrogens with one attached hydrogen (secondary N) is 1. The van der Waals surface area contributed by atoms with Gasteiger partial charge in [-0.3, -0.25) is 4.72 Å². The van der Waals surface area contributed by atoms with E-state index in [4.69, 9.17) is 0 Å². The molecule has 0 saturated heterocycles. The van der Waals surface area contributed by atoms with Gasteiger partial charge in [-0.1, -0.05) is 12.1 Å². The average Bonchev–Trinajstić information content (AvgIpc) is 2.33. The van der Waals surface area contributed by atoms with Crippen LogP contribution in [0.3, 0.4) is 0 Å². The van der Waals surface area contributed by atoms with Crippen molar-refractivity contribution in [1.29, 1.82) is 0 Å². The molecule has 0 aliphatic rings. The Morgan fingerprint density at radius 2 is 1.70 bits per heavy atom. The summed E-state index contributed by atoms with van der Waals surface area (Å²) in [5.41, 5.74) is 1.23. The van der Waals surface area contributed by atoms with Gasteiger partial charge in [-0.2, -0.15) is 0 Å². The maximum absolute atomic E-state index is 13.5. The maximum atomic E-state index is 13.5. The zero-order valence-corrected chi connectivity index (χ0v) is 13.3. The van der Waals surface area contributed by atoms with Crippen molar-refractivity contribution in [2.75, 3.05) is 4.72 Å². The summed E-state index contributed by atoms with van der Waals surface area (Å²) in [6, 6.07) is 7.75. The summed E-state index contributed by atoms with van der Waals surface area (Å²) in [5.74, 6) is -2.25. The third-order valence-corrected chi connectivity index (χ3v) is 5.21. The van der Waals surface area contributed by atoms with Crippen LogP contribution in [0.15, 0.2) is 41.3 Å². The second-order valence-electron chi connectivity index (χ2n) is 4.12. The quantitative estimate of drug-likeness (QED) is 0.787. The van der Waals surface area contributed by atoms with Gasteiger partial charge in [0.05, 0.1) is 0 Å². The summed E-state index contributed by atoms with van der Waals surface area (Å²) in [6.07, 6.45) is 0. The lowest BCUT2D eigenvalue weighted by Crippen LogP contribution is -2.16. The Morgan fingerprint density at radius 1 is 1.10 bits per heavy atom. The summed E-state index contributed by atoms with van der Waals surface area (Å²) in [6.45, 7) is 1.87. The third-order valence-electron chi connectivity index (χ3n) is 2.61. The maximum Gasteiger partial charge on any atom is 0.267 e. The Morgan fingerprint density at radius 3 is 2.25 bits per heavy atom. The number of hydrogen-bond donors (Lipinski definition) is 1. The molecule has 0 heterocycles. The third kappa shape index (κ3) is 3.09. The van der Waals surface area contributed by atoms with Crippen molar-refractivity contribution in [3.63, 3.8) is 0 Å². The van der Waals surface area contributed by atoms with Gasteiger partial charge >= 0.3 is 0 Å². The van der Waals surface area contributed by atoms with Gasteiger partial charge in [0, 0.05) is 9.26 Å². The first-order valence-corrected chi connectivity index (χ1v) is 8.10. The Hall–Kier alpha value is -1.22. The van der Waals surface area contributed by atoms with E-state index in [0.717, 1.165) is 27.3 Å². The molecule has 0 aliphatic carbocycles. The number of anilines is 1. The minimum Gasteiger partial charge on any atom is -0.279 e. The van der Waals surface area contributed by atoms with Crippen LogP contribution in [0.2, 0.25) is 0 Å². The van der Waals surface area contributed by atoms with E-state index in [1.165, 1.54) is 6.07 Å². The van der Waals surface area contributed by atoms with Gasteiger partial charge in [-0.05, 0) is 59.3 Å². The van der Waals surface area contributed by atoms with E-state index in [0.29, 0.717) is 0 Å². The topological polar surface area (TPSA) is 46.2 Å². The fourth-order valence-corrected chi connectivity index (χ4v) is 3.31. The second-order valence-corrected chi connectivity index (χ2v) is 6.90. The molecule has 0 unspecified atom stereocenters. The van der Waals surface area contributed by atoms with Crippen LogP contribution in [0.25, 0.3) is 0 Å². The van der Waals surface area contributed by atoms with Gasteiger partial charge in [-0.25, -0.2) is 17.2 Å². The highest BCUT2D eigenvalue weighted by molar-refractivity contribution is 14.1. The highest BCUT2D eigenvalue weighted by Gasteiger charge is 2.23. The zero-order valence-electron chi connectivity index (χ0n) is 10.3. The lowest BCUT2D eigenvalue weighted by molar-refractivity contribution is 0.521. The first kappa shape index (κ1) is 15.2. The zero-order chi connectivity index (χ0) is 14.9. The van der Waals surface area contributed by atoms with Gasteiger partial charge in [0.25, 0.3) is 10.0 Å². The van der Waals surface area contributed by atoms with E-state index in [9.17, 15) is 17.2 Å². The average molecular weight is 409 g/mol. The number of rotatable bonds is 3. The van der Waals surface area contributed by atoms with Gasteiger partial charge in [-0.15, -0.1) is 0 Å². The molecule has 7 heteroatoms. The molecule has 3 nitrogen and oxygen atoms in total. The molecular weight excluding hydrogens is 399 g/mol. The summed E-state index contributed by atoms with van der Waals surface area (Å²) >= 11 is 2.05. The molecule has 1 N–H and O–H groups in total. The number of sulfonamides is 1. The highest BCUT2D eigenvalue weighted by atomic mass is 127. The molecule has 2 aromatic carbocycles. The largest absolute Gasteiger partial charge is 0.279 e. The lowest BCUT2D eigenvalue weighted by atomic mass is 10.2. The predicted octanol–water partition coefficient (Wildman–Crippen LogP) is 3.68. The van der Waals surface area contributed by atoms with Gasteiger partial charge in [0.1, 0.15) is 11.6 Å². The number of benzene rings is 2. The van der Waals surface area contributed by atoms with E-state index in [1.807, 2.05) is 29.5 Å². The van der Waals surface area contributed by atoms with Crippen LogP contribution in [-0.4, -0.2) is 8.42 Å². The molecule has 0 fully saturated rings. The van der Waals surface area contributed by atoms with Crippen molar-refractivity contribution in [2.45, 2.75) is 11.8 Å². The number of hydrogen-bond acceptors (Lipinski definition) is 2. The predicted molar refractivity (Wildman–Crippen MR) is 81.1 cm³/mol. The van der Waals surface area contributed by atoms with E-state index < -0.39 is 26.6 Å². The van der Waals surface area contributed by atoms with Crippen LogP contribution < -0.4 is 4.72 Å². The molecule has 106 valence electrons. The normalized spacial score (nSPS) is 11.4. The van der Waals surface area contributed by atoms with E-state index in [1.54, 1.807) is 12.1 Å². The van der Waals surface area contributed by atoms with Crippen molar-refractivity contribution < 1.29 is 17.2 Å². The van der Waals surface area contributed by atoms with Crippen LogP contribution in [0.5, 0.6) is 0 Å². The molecule has 20 heavy (non-hydrogen) atoms. The van der Waals surface area contributed by atoms with E-state index in [2.05, 4.69) is 4.72 Å². The monoisotopic (exact) mass is 409 g/mol. The summed E-state index contributed by atoms with van der Waals surface area (Å²) < 4.78 is 54.2. The van der Waals surface area contributed by atoms with Crippen LogP contribution >= 0.6 is 22.6 Å². The number of aryl methyl sites for hydroxylation is 1. The Kier molecular flexibility index (Phi) is 4.28. The Labute approximate surface area is 129 Å². The first-order chi connectivity index (χ1) is 9.31. The van der Waals surface area contributed by atoms with Crippen molar-refractivity contribution >= 4 is 38.3 Å². The highest BCUT2D eigenvalue weighted by Crippen LogP contribution is 2.23. The SMILES string of the molecule is Cc1ccc(NS(=O)(=O)c2c(F)cccc2F)cc1I. The van der Waals surface area contributed by atoms with Gasteiger partial charge in [0.2, 0.25) is 0 Å². The molecule has 0 aliphatic heterocycles. The van der Waals surface area contributed by atoms with E-state index >= 15 is 0 Å².